The Hall–Kier alpha value is -0.530. The summed E-state index contributed by atoms with van der Waals surface area (Å²) in [7, 11) is 1.66. The van der Waals surface area contributed by atoms with Gasteiger partial charge in [0.15, 0.2) is 0 Å². The highest BCUT2D eigenvalue weighted by atomic mass is 35.5. The van der Waals surface area contributed by atoms with E-state index >= 15 is 0 Å². The van der Waals surface area contributed by atoms with E-state index in [-0.39, 0.29) is 0 Å². The van der Waals surface area contributed by atoms with Crippen LogP contribution in [0.3, 0.4) is 0 Å². The van der Waals surface area contributed by atoms with Gasteiger partial charge in [-0.15, -0.1) is 0 Å². The van der Waals surface area contributed by atoms with Crippen molar-refractivity contribution in [3.8, 4) is 0 Å². The smallest absolute Gasteiger partial charge is 0.0727 e. The molecule has 0 aliphatic heterocycles. The van der Waals surface area contributed by atoms with E-state index in [0.29, 0.717) is 6.61 Å². The maximum absolute atomic E-state index is 5.82. The van der Waals surface area contributed by atoms with Crippen molar-refractivity contribution in [1.82, 2.24) is 0 Å². The molecule has 0 radical (unpaired) electrons. The average Bonchev–Trinajstić information content (AvgIpc) is 2.34. The Bertz CT molecular complexity index is 306. The highest BCUT2D eigenvalue weighted by molar-refractivity contribution is 6.31. The zero-order valence-corrected chi connectivity index (χ0v) is 11.7. The second-order valence-corrected chi connectivity index (χ2v) is 5.17. The SMILES string of the molecule is CC1CCCCC1.COCc1ccccc1Cl. The number of methoxy groups -OCH3 is 1. The molecule has 1 aromatic carbocycles. The lowest BCUT2D eigenvalue weighted by molar-refractivity contribution is 0.185. The van der Waals surface area contributed by atoms with Crippen LogP contribution in [-0.2, 0) is 11.3 Å². The molecular weight excluding hydrogens is 232 g/mol. The number of ether oxygens (including phenoxy) is 1. The van der Waals surface area contributed by atoms with Gasteiger partial charge in [-0.2, -0.15) is 0 Å². The Morgan fingerprint density at radius 1 is 1.18 bits per heavy atom. The lowest BCUT2D eigenvalue weighted by Gasteiger charge is -2.15. The Kier molecular flexibility index (Phi) is 7.30. The Balaban J connectivity index is 0.000000181. The van der Waals surface area contributed by atoms with Gasteiger partial charge in [0.25, 0.3) is 0 Å². The van der Waals surface area contributed by atoms with Gasteiger partial charge in [0.1, 0.15) is 0 Å². The van der Waals surface area contributed by atoms with Crippen molar-refractivity contribution < 1.29 is 4.74 Å². The maximum atomic E-state index is 5.82. The fourth-order valence-corrected chi connectivity index (χ4v) is 2.27. The zero-order chi connectivity index (χ0) is 12.5. The summed E-state index contributed by atoms with van der Waals surface area (Å²) in [5.41, 5.74) is 1.03. The van der Waals surface area contributed by atoms with Gasteiger partial charge in [-0.1, -0.05) is 68.8 Å². The monoisotopic (exact) mass is 254 g/mol. The molecule has 0 N–H and O–H groups in total. The Labute approximate surface area is 110 Å². The number of rotatable bonds is 2. The van der Waals surface area contributed by atoms with Gasteiger partial charge >= 0.3 is 0 Å². The fourth-order valence-electron chi connectivity index (χ4n) is 2.08. The highest BCUT2D eigenvalue weighted by Crippen LogP contribution is 2.22. The first-order valence-corrected chi connectivity index (χ1v) is 6.84. The molecular formula is C15H23ClO. The van der Waals surface area contributed by atoms with Gasteiger partial charge < -0.3 is 4.74 Å². The van der Waals surface area contributed by atoms with Crippen LogP contribution in [0, 0.1) is 5.92 Å². The summed E-state index contributed by atoms with van der Waals surface area (Å²) in [5, 5.41) is 0.768. The molecule has 0 aromatic heterocycles. The largest absolute Gasteiger partial charge is 0.380 e. The lowest BCUT2D eigenvalue weighted by atomic mass is 9.91. The van der Waals surface area contributed by atoms with Gasteiger partial charge in [-0.3, -0.25) is 0 Å². The second kappa shape index (κ2) is 8.54. The van der Waals surface area contributed by atoms with Crippen LogP contribution in [0.1, 0.15) is 44.6 Å². The molecule has 96 valence electrons. The molecule has 1 aliphatic carbocycles. The molecule has 1 nitrogen and oxygen atoms in total. The second-order valence-electron chi connectivity index (χ2n) is 4.77. The van der Waals surface area contributed by atoms with E-state index in [4.69, 9.17) is 16.3 Å². The van der Waals surface area contributed by atoms with Crippen LogP contribution < -0.4 is 0 Å². The van der Waals surface area contributed by atoms with Crippen molar-refractivity contribution in [2.75, 3.05) is 7.11 Å². The van der Waals surface area contributed by atoms with Crippen molar-refractivity contribution in [1.29, 1.82) is 0 Å². The topological polar surface area (TPSA) is 9.23 Å². The summed E-state index contributed by atoms with van der Waals surface area (Å²) in [4.78, 5) is 0. The summed E-state index contributed by atoms with van der Waals surface area (Å²) >= 11 is 5.82. The van der Waals surface area contributed by atoms with E-state index in [1.165, 1.54) is 32.1 Å². The molecule has 2 rings (SSSR count). The molecule has 0 saturated heterocycles. The fraction of sp³-hybridized carbons (Fsp3) is 0.600. The number of halogens is 1. The number of hydrogen-bond donors (Lipinski definition) is 0. The zero-order valence-electron chi connectivity index (χ0n) is 10.9. The van der Waals surface area contributed by atoms with Crippen molar-refractivity contribution in [2.45, 2.75) is 45.6 Å². The van der Waals surface area contributed by atoms with Crippen molar-refractivity contribution in [2.24, 2.45) is 5.92 Å². The molecule has 1 fully saturated rings. The third-order valence-electron chi connectivity index (χ3n) is 3.15. The summed E-state index contributed by atoms with van der Waals surface area (Å²) in [6.45, 7) is 2.94. The standard InChI is InChI=1S/C8H9ClO.C7H14/c1-10-6-7-4-2-3-5-8(7)9;1-7-5-3-2-4-6-7/h2-5H,6H2,1H3;7H,2-6H2,1H3. The third kappa shape index (κ3) is 6.09. The first-order chi connectivity index (χ1) is 8.24. The molecule has 0 spiro atoms. The predicted octanol–water partition coefficient (Wildman–Crippen LogP) is 5.07. The molecule has 0 unspecified atom stereocenters. The maximum Gasteiger partial charge on any atom is 0.0727 e. The van der Waals surface area contributed by atoms with Crippen LogP contribution in [0.25, 0.3) is 0 Å². The average molecular weight is 255 g/mol. The highest BCUT2D eigenvalue weighted by Gasteiger charge is 2.05. The summed E-state index contributed by atoms with van der Waals surface area (Å²) in [6.07, 6.45) is 7.44. The van der Waals surface area contributed by atoms with Crippen molar-refractivity contribution >= 4 is 11.6 Å². The molecule has 1 saturated carbocycles. The Morgan fingerprint density at radius 3 is 2.29 bits per heavy atom. The summed E-state index contributed by atoms with van der Waals surface area (Å²) < 4.78 is 4.92. The van der Waals surface area contributed by atoms with Crippen molar-refractivity contribution in [3.05, 3.63) is 34.9 Å². The number of hydrogen-bond acceptors (Lipinski definition) is 1. The van der Waals surface area contributed by atoms with Gasteiger partial charge in [-0.25, -0.2) is 0 Å². The molecule has 2 heteroatoms. The van der Waals surface area contributed by atoms with Crippen LogP contribution in [0.2, 0.25) is 5.02 Å². The van der Waals surface area contributed by atoms with E-state index in [0.717, 1.165) is 16.5 Å². The molecule has 17 heavy (non-hydrogen) atoms. The first kappa shape index (κ1) is 14.5. The van der Waals surface area contributed by atoms with Gasteiger partial charge in [0.05, 0.1) is 6.61 Å². The summed E-state index contributed by atoms with van der Waals surface area (Å²) in [5.74, 6) is 1.04. The summed E-state index contributed by atoms with van der Waals surface area (Å²) in [6, 6.07) is 7.66. The molecule has 0 heterocycles. The normalized spacial score (nSPS) is 16.2. The number of benzene rings is 1. The minimum Gasteiger partial charge on any atom is -0.380 e. The van der Waals surface area contributed by atoms with Crippen LogP contribution in [0.4, 0.5) is 0 Å². The third-order valence-corrected chi connectivity index (χ3v) is 3.52. The van der Waals surface area contributed by atoms with Gasteiger partial charge in [0.2, 0.25) is 0 Å². The predicted molar refractivity (Wildman–Crippen MR) is 74.4 cm³/mol. The van der Waals surface area contributed by atoms with Gasteiger partial charge in [-0.05, 0) is 17.5 Å². The first-order valence-electron chi connectivity index (χ1n) is 6.46. The molecule has 1 aromatic rings. The lowest BCUT2D eigenvalue weighted by Crippen LogP contribution is -1.99. The molecule has 0 amide bonds. The van der Waals surface area contributed by atoms with Crippen LogP contribution in [0.15, 0.2) is 24.3 Å². The minimum atomic E-state index is 0.583. The Morgan fingerprint density at radius 2 is 1.82 bits per heavy atom. The molecule has 0 bridgehead atoms. The van der Waals surface area contributed by atoms with Crippen LogP contribution in [-0.4, -0.2) is 7.11 Å². The van der Waals surface area contributed by atoms with E-state index < -0.39 is 0 Å². The van der Waals surface area contributed by atoms with Crippen LogP contribution in [0.5, 0.6) is 0 Å². The molecule has 0 atom stereocenters. The van der Waals surface area contributed by atoms with Gasteiger partial charge in [0, 0.05) is 12.1 Å². The minimum absolute atomic E-state index is 0.583. The van der Waals surface area contributed by atoms with E-state index in [9.17, 15) is 0 Å². The quantitative estimate of drug-likeness (QED) is 0.716. The van der Waals surface area contributed by atoms with E-state index in [1.54, 1.807) is 7.11 Å². The van der Waals surface area contributed by atoms with E-state index in [1.807, 2.05) is 24.3 Å². The van der Waals surface area contributed by atoms with Crippen molar-refractivity contribution in [3.63, 3.8) is 0 Å². The van der Waals surface area contributed by atoms with Crippen LogP contribution >= 0.6 is 11.6 Å². The molecule has 1 aliphatic rings. The van der Waals surface area contributed by atoms with E-state index in [2.05, 4.69) is 6.92 Å².